The van der Waals surface area contributed by atoms with Crippen LogP contribution >= 0.6 is 0 Å². The first-order chi connectivity index (χ1) is 10.1. The van der Waals surface area contributed by atoms with E-state index in [0.29, 0.717) is 11.3 Å². The number of hydrogen-bond donors (Lipinski definition) is 3. The van der Waals surface area contributed by atoms with Crippen LogP contribution in [0.15, 0.2) is 24.3 Å². The first-order valence-electron chi connectivity index (χ1n) is 7.11. The van der Waals surface area contributed by atoms with E-state index in [2.05, 4.69) is 10.6 Å². The Morgan fingerprint density at radius 3 is 2.76 bits per heavy atom. The van der Waals surface area contributed by atoms with Crippen molar-refractivity contribution in [3.63, 3.8) is 0 Å². The molecular weight excluding hydrogens is 270 g/mol. The van der Waals surface area contributed by atoms with Gasteiger partial charge in [0.1, 0.15) is 0 Å². The lowest BCUT2D eigenvalue weighted by Crippen LogP contribution is -2.45. The van der Waals surface area contributed by atoms with Gasteiger partial charge in [0.15, 0.2) is 0 Å². The zero-order valence-corrected chi connectivity index (χ0v) is 12.1. The first kappa shape index (κ1) is 15.3. The van der Waals surface area contributed by atoms with Gasteiger partial charge in [-0.15, -0.1) is 0 Å². The summed E-state index contributed by atoms with van der Waals surface area (Å²) in [7, 11) is 1.80. The molecule has 3 N–H and O–H groups in total. The minimum Gasteiger partial charge on any atom is -0.481 e. The van der Waals surface area contributed by atoms with Gasteiger partial charge in [-0.2, -0.15) is 0 Å². The number of carbonyl (C=O) groups excluding carboxylic acids is 1. The third-order valence-corrected chi connectivity index (χ3v) is 3.71. The van der Waals surface area contributed by atoms with Gasteiger partial charge in [-0.3, -0.25) is 4.79 Å². The lowest BCUT2D eigenvalue weighted by molar-refractivity contribution is -0.136. The number of nitrogens with one attached hydrogen (secondary N) is 2. The quantitative estimate of drug-likeness (QED) is 0.786. The fraction of sp³-hybridized carbons (Fsp3) is 0.467. The average molecular weight is 291 g/mol. The highest BCUT2D eigenvalue weighted by atomic mass is 16.4. The van der Waals surface area contributed by atoms with Gasteiger partial charge >= 0.3 is 12.0 Å². The molecule has 114 valence electrons. The molecule has 1 aromatic rings. The summed E-state index contributed by atoms with van der Waals surface area (Å²) in [6.45, 7) is 1.85. The van der Waals surface area contributed by atoms with Gasteiger partial charge in [-0.25, -0.2) is 4.79 Å². The zero-order valence-electron chi connectivity index (χ0n) is 12.1. The van der Waals surface area contributed by atoms with Crippen LogP contribution < -0.4 is 10.6 Å². The molecule has 1 aromatic carbocycles. The molecule has 1 fully saturated rings. The molecule has 1 aliphatic rings. The maximum atomic E-state index is 12.2. The Morgan fingerprint density at radius 2 is 2.10 bits per heavy atom. The second-order valence-corrected chi connectivity index (χ2v) is 5.29. The Kier molecular flexibility index (Phi) is 5.16. The van der Waals surface area contributed by atoms with Crippen LogP contribution in [0.1, 0.15) is 18.4 Å². The number of urea groups is 1. The number of piperidine rings is 1. The van der Waals surface area contributed by atoms with Crippen molar-refractivity contribution in [1.82, 2.24) is 10.2 Å². The summed E-state index contributed by atoms with van der Waals surface area (Å²) >= 11 is 0. The molecule has 6 heteroatoms. The molecular formula is C15H21N3O3. The highest BCUT2D eigenvalue weighted by Gasteiger charge is 2.21. The van der Waals surface area contributed by atoms with E-state index in [4.69, 9.17) is 5.11 Å². The predicted octanol–water partition coefficient (Wildman–Crippen LogP) is 1.53. The maximum absolute atomic E-state index is 12.2. The number of carboxylic acid groups (broad SMARTS) is 1. The molecule has 0 aromatic heterocycles. The van der Waals surface area contributed by atoms with Crippen LogP contribution in [0, 0.1) is 0 Å². The van der Waals surface area contributed by atoms with Gasteiger partial charge in [-0.05, 0) is 43.6 Å². The number of carboxylic acids is 1. The normalized spacial score (nSPS) is 15.5. The van der Waals surface area contributed by atoms with Crippen LogP contribution in [-0.4, -0.2) is 48.2 Å². The molecule has 2 rings (SSSR count). The second kappa shape index (κ2) is 7.08. The third kappa shape index (κ3) is 4.46. The van der Waals surface area contributed by atoms with Crippen LogP contribution in [0.5, 0.6) is 0 Å². The number of carbonyl (C=O) groups is 2. The minimum atomic E-state index is -0.884. The number of nitrogens with zero attached hydrogens (tertiary/aromatic N) is 1. The van der Waals surface area contributed by atoms with Crippen molar-refractivity contribution in [1.29, 1.82) is 0 Å². The summed E-state index contributed by atoms with van der Waals surface area (Å²) in [6.07, 6.45) is 1.85. The second-order valence-electron chi connectivity index (χ2n) is 5.29. The molecule has 6 nitrogen and oxygen atoms in total. The molecule has 1 aliphatic heterocycles. The summed E-state index contributed by atoms with van der Waals surface area (Å²) in [6, 6.07) is 7.03. The molecule has 0 saturated carbocycles. The largest absolute Gasteiger partial charge is 0.481 e. The Labute approximate surface area is 124 Å². The highest BCUT2D eigenvalue weighted by molar-refractivity contribution is 5.89. The molecule has 1 heterocycles. The van der Waals surface area contributed by atoms with Crippen molar-refractivity contribution in [3.8, 4) is 0 Å². The van der Waals surface area contributed by atoms with Gasteiger partial charge in [-0.1, -0.05) is 12.1 Å². The number of benzene rings is 1. The number of aliphatic carboxylic acids is 1. The van der Waals surface area contributed by atoms with Crippen molar-refractivity contribution >= 4 is 17.7 Å². The molecule has 0 unspecified atom stereocenters. The number of anilines is 1. The van der Waals surface area contributed by atoms with E-state index in [1.165, 1.54) is 0 Å². The molecule has 21 heavy (non-hydrogen) atoms. The number of hydrogen-bond acceptors (Lipinski definition) is 3. The third-order valence-electron chi connectivity index (χ3n) is 3.71. The zero-order chi connectivity index (χ0) is 15.2. The smallest absolute Gasteiger partial charge is 0.321 e. The molecule has 0 radical (unpaired) electrons. The van der Waals surface area contributed by atoms with Gasteiger partial charge in [0, 0.05) is 18.8 Å². The summed E-state index contributed by atoms with van der Waals surface area (Å²) in [5.74, 6) is -0.884. The lowest BCUT2D eigenvalue weighted by Gasteiger charge is -2.31. The van der Waals surface area contributed by atoms with E-state index in [1.807, 2.05) is 0 Å². The maximum Gasteiger partial charge on any atom is 0.321 e. The summed E-state index contributed by atoms with van der Waals surface area (Å²) in [5.41, 5.74) is 1.30. The number of rotatable bonds is 4. The van der Waals surface area contributed by atoms with Crippen molar-refractivity contribution in [2.75, 3.05) is 25.5 Å². The van der Waals surface area contributed by atoms with E-state index < -0.39 is 5.97 Å². The van der Waals surface area contributed by atoms with Gasteiger partial charge in [0.25, 0.3) is 0 Å². The fourth-order valence-electron chi connectivity index (χ4n) is 2.51. The van der Waals surface area contributed by atoms with E-state index in [0.717, 1.165) is 25.9 Å². The van der Waals surface area contributed by atoms with Crippen molar-refractivity contribution in [3.05, 3.63) is 29.8 Å². The molecule has 1 saturated heterocycles. The van der Waals surface area contributed by atoms with E-state index in [1.54, 1.807) is 36.2 Å². The Morgan fingerprint density at radius 1 is 1.38 bits per heavy atom. The van der Waals surface area contributed by atoms with Gasteiger partial charge < -0.3 is 20.6 Å². The predicted molar refractivity (Wildman–Crippen MR) is 80.5 cm³/mol. The lowest BCUT2D eigenvalue weighted by atomic mass is 10.1. The standard InChI is InChI=1S/C15H21N3O3/c1-18(13-5-7-16-8-6-13)15(21)17-12-4-2-3-11(9-12)10-14(19)20/h2-4,9,13,16H,5-8,10H2,1H3,(H,17,21)(H,19,20). The molecule has 0 aliphatic carbocycles. The highest BCUT2D eigenvalue weighted by Crippen LogP contribution is 2.15. The SMILES string of the molecule is CN(C(=O)Nc1cccc(CC(=O)O)c1)C1CCNCC1. The van der Waals surface area contributed by atoms with Crippen LogP contribution in [-0.2, 0) is 11.2 Å². The summed E-state index contributed by atoms with van der Waals surface area (Å²) in [5, 5.41) is 14.9. The first-order valence-corrected chi connectivity index (χ1v) is 7.11. The minimum absolute atomic E-state index is 0.0478. The fourth-order valence-corrected chi connectivity index (χ4v) is 2.51. The number of amides is 2. The van der Waals surface area contributed by atoms with E-state index in [-0.39, 0.29) is 18.5 Å². The van der Waals surface area contributed by atoms with E-state index >= 15 is 0 Å². The van der Waals surface area contributed by atoms with Gasteiger partial charge in [0.05, 0.1) is 6.42 Å². The van der Waals surface area contributed by atoms with Crippen LogP contribution in [0.3, 0.4) is 0 Å². The van der Waals surface area contributed by atoms with Crippen LogP contribution in [0.2, 0.25) is 0 Å². The van der Waals surface area contributed by atoms with Gasteiger partial charge in [0.2, 0.25) is 0 Å². The molecule has 0 atom stereocenters. The summed E-state index contributed by atoms with van der Waals surface area (Å²) in [4.78, 5) is 24.7. The molecule has 2 amide bonds. The Hall–Kier alpha value is -2.08. The monoisotopic (exact) mass is 291 g/mol. The van der Waals surface area contributed by atoms with Crippen molar-refractivity contribution < 1.29 is 14.7 Å². The van der Waals surface area contributed by atoms with E-state index in [9.17, 15) is 9.59 Å². The molecule has 0 spiro atoms. The average Bonchev–Trinajstić information content (AvgIpc) is 2.47. The topological polar surface area (TPSA) is 81.7 Å². The Bertz CT molecular complexity index is 513. The van der Waals surface area contributed by atoms with Crippen LogP contribution in [0.25, 0.3) is 0 Å². The summed E-state index contributed by atoms with van der Waals surface area (Å²) < 4.78 is 0. The Balaban J connectivity index is 1.96. The van der Waals surface area contributed by atoms with Crippen molar-refractivity contribution in [2.45, 2.75) is 25.3 Å². The molecule has 0 bridgehead atoms. The van der Waals surface area contributed by atoms with Crippen molar-refractivity contribution in [2.24, 2.45) is 0 Å². The van der Waals surface area contributed by atoms with Crippen LogP contribution in [0.4, 0.5) is 10.5 Å².